The van der Waals surface area contributed by atoms with Gasteiger partial charge in [-0.3, -0.25) is 4.79 Å². The molecule has 2 rings (SSSR count). The molecule has 23 heavy (non-hydrogen) atoms. The van der Waals surface area contributed by atoms with Gasteiger partial charge in [0.05, 0.1) is 24.7 Å². The number of nitrogens with zero attached hydrogens (tertiary/aromatic N) is 1. The quantitative estimate of drug-likeness (QED) is 0.582. The first-order valence-corrected chi connectivity index (χ1v) is 8.21. The van der Waals surface area contributed by atoms with E-state index in [9.17, 15) is 9.18 Å². The minimum Gasteiger partial charge on any atom is -0.466 e. The highest BCUT2D eigenvalue weighted by atomic mass is 32.2. The molecule has 0 radical (unpaired) electrons. The highest BCUT2D eigenvalue weighted by molar-refractivity contribution is 7.99. The first-order valence-electron chi connectivity index (χ1n) is 7.23. The lowest BCUT2D eigenvalue weighted by molar-refractivity contribution is -0.142. The van der Waals surface area contributed by atoms with E-state index < -0.39 is 0 Å². The molecule has 0 saturated heterocycles. The Labute approximate surface area is 139 Å². The molecular formula is C18H16FNO2S. The maximum absolute atomic E-state index is 14.0. The van der Waals surface area contributed by atoms with E-state index in [1.165, 1.54) is 17.8 Å². The molecule has 2 aromatic carbocycles. The van der Waals surface area contributed by atoms with Crippen molar-refractivity contribution < 1.29 is 13.9 Å². The fourth-order valence-electron chi connectivity index (χ4n) is 2.09. The molecule has 0 amide bonds. The first kappa shape index (κ1) is 17.0. The number of rotatable bonds is 6. The van der Waals surface area contributed by atoms with Crippen LogP contribution in [0.25, 0.3) is 11.1 Å². The predicted molar refractivity (Wildman–Crippen MR) is 88.5 cm³/mol. The Kier molecular flexibility index (Phi) is 6.19. The summed E-state index contributed by atoms with van der Waals surface area (Å²) in [6, 6.07) is 13.7. The summed E-state index contributed by atoms with van der Waals surface area (Å²) in [4.78, 5) is 12.2. The zero-order valence-corrected chi connectivity index (χ0v) is 13.5. The standard InChI is InChI=1S/C18H16FNO2S/c1-2-22-18(21)9-10-23-17-11-13(12-20)7-8-15(17)14-5-3-4-6-16(14)19/h3-8,11H,2,9-10H2,1H3. The molecule has 2 aromatic rings. The second-order valence-corrected chi connectivity index (χ2v) is 5.84. The van der Waals surface area contributed by atoms with E-state index in [1.807, 2.05) is 0 Å². The molecule has 118 valence electrons. The molecule has 0 aliphatic carbocycles. The van der Waals surface area contributed by atoms with Gasteiger partial charge < -0.3 is 4.74 Å². The fourth-order valence-corrected chi connectivity index (χ4v) is 3.12. The number of carbonyl (C=O) groups excluding carboxylic acids is 1. The van der Waals surface area contributed by atoms with E-state index >= 15 is 0 Å². The molecule has 5 heteroatoms. The fraction of sp³-hybridized carbons (Fsp3) is 0.222. The number of thioether (sulfide) groups is 1. The number of carbonyl (C=O) groups is 1. The van der Waals surface area contributed by atoms with Crippen LogP contribution in [0.5, 0.6) is 0 Å². The molecule has 3 nitrogen and oxygen atoms in total. The highest BCUT2D eigenvalue weighted by Crippen LogP contribution is 2.34. The topological polar surface area (TPSA) is 50.1 Å². The molecule has 0 heterocycles. The van der Waals surface area contributed by atoms with Crippen LogP contribution < -0.4 is 0 Å². The molecule has 0 atom stereocenters. The lowest BCUT2D eigenvalue weighted by atomic mass is 10.0. The minimum atomic E-state index is -0.315. The van der Waals surface area contributed by atoms with Crippen LogP contribution in [0.4, 0.5) is 4.39 Å². The average Bonchev–Trinajstić information content (AvgIpc) is 2.56. The van der Waals surface area contributed by atoms with Crippen LogP contribution in [-0.4, -0.2) is 18.3 Å². The number of hydrogen-bond acceptors (Lipinski definition) is 4. The van der Waals surface area contributed by atoms with Crippen molar-refractivity contribution in [1.82, 2.24) is 0 Å². The third-order valence-electron chi connectivity index (χ3n) is 3.14. The number of ether oxygens (including phenoxy) is 1. The van der Waals surface area contributed by atoms with E-state index in [0.29, 0.717) is 23.5 Å². The summed E-state index contributed by atoms with van der Waals surface area (Å²) >= 11 is 1.42. The second kappa shape index (κ2) is 8.35. The Morgan fingerprint density at radius 1 is 1.26 bits per heavy atom. The molecule has 0 saturated carbocycles. The molecular weight excluding hydrogens is 313 g/mol. The third-order valence-corrected chi connectivity index (χ3v) is 4.20. The maximum atomic E-state index is 14.0. The van der Waals surface area contributed by atoms with Crippen molar-refractivity contribution in [1.29, 1.82) is 5.26 Å². The number of benzene rings is 2. The molecule has 0 aliphatic heterocycles. The molecule has 0 spiro atoms. The van der Waals surface area contributed by atoms with Crippen molar-refractivity contribution in [3.05, 3.63) is 53.8 Å². The summed E-state index contributed by atoms with van der Waals surface area (Å²) in [5, 5.41) is 9.05. The normalized spacial score (nSPS) is 10.1. The first-order chi connectivity index (χ1) is 11.2. The Morgan fingerprint density at radius 2 is 2.04 bits per heavy atom. The summed E-state index contributed by atoms with van der Waals surface area (Å²) in [5.41, 5.74) is 1.70. The Hall–Kier alpha value is -2.32. The molecule has 0 fully saturated rings. The van der Waals surface area contributed by atoms with Gasteiger partial charge >= 0.3 is 5.97 Å². The van der Waals surface area contributed by atoms with Crippen LogP contribution >= 0.6 is 11.8 Å². The van der Waals surface area contributed by atoms with E-state index in [0.717, 1.165) is 10.5 Å². The largest absolute Gasteiger partial charge is 0.466 e. The summed E-state index contributed by atoms with van der Waals surface area (Å²) in [7, 11) is 0. The van der Waals surface area contributed by atoms with Crippen molar-refractivity contribution >= 4 is 17.7 Å². The SMILES string of the molecule is CCOC(=O)CCSc1cc(C#N)ccc1-c1ccccc1F. The van der Waals surface area contributed by atoms with Gasteiger partial charge in [0.15, 0.2) is 0 Å². The smallest absolute Gasteiger partial charge is 0.306 e. The highest BCUT2D eigenvalue weighted by Gasteiger charge is 2.12. The van der Waals surface area contributed by atoms with Crippen LogP contribution in [0.2, 0.25) is 0 Å². The Balaban J connectivity index is 2.24. The molecule has 0 aromatic heterocycles. The van der Waals surface area contributed by atoms with Gasteiger partial charge in [-0.25, -0.2) is 4.39 Å². The van der Waals surface area contributed by atoms with Gasteiger partial charge in [-0.15, -0.1) is 11.8 Å². The Morgan fingerprint density at radius 3 is 2.74 bits per heavy atom. The Bertz CT molecular complexity index is 740. The summed E-state index contributed by atoms with van der Waals surface area (Å²) in [6.45, 7) is 2.12. The minimum absolute atomic E-state index is 0.260. The predicted octanol–water partition coefficient (Wildman–Crippen LogP) is 4.41. The van der Waals surface area contributed by atoms with Crippen molar-refractivity contribution in [2.45, 2.75) is 18.2 Å². The van der Waals surface area contributed by atoms with E-state index in [4.69, 9.17) is 10.00 Å². The molecule has 0 bridgehead atoms. The van der Waals surface area contributed by atoms with Gasteiger partial charge in [-0.1, -0.05) is 24.3 Å². The van der Waals surface area contributed by atoms with Crippen LogP contribution in [0.15, 0.2) is 47.4 Å². The summed E-state index contributed by atoms with van der Waals surface area (Å²) in [6.07, 6.45) is 0.270. The number of nitriles is 1. The van der Waals surface area contributed by atoms with Gasteiger partial charge in [-0.05, 0) is 30.7 Å². The van der Waals surface area contributed by atoms with Gasteiger partial charge in [0.25, 0.3) is 0 Å². The summed E-state index contributed by atoms with van der Waals surface area (Å²) < 4.78 is 18.9. The lowest BCUT2D eigenvalue weighted by Gasteiger charge is -2.11. The van der Waals surface area contributed by atoms with Crippen molar-refractivity contribution in [3.63, 3.8) is 0 Å². The molecule has 0 N–H and O–H groups in total. The van der Waals surface area contributed by atoms with Gasteiger partial charge in [-0.2, -0.15) is 5.26 Å². The van der Waals surface area contributed by atoms with Crippen molar-refractivity contribution in [2.75, 3.05) is 12.4 Å². The second-order valence-electron chi connectivity index (χ2n) is 4.71. The van der Waals surface area contributed by atoms with E-state index in [2.05, 4.69) is 6.07 Å². The van der Waals surface area contributed by atoms with E-state index in [1.54, 1.807) is 43.3 Å². The van der Waals surface area contributed by atoms with E-state index in [-0.39, 0.29) is 18.2 Å². The molecule has 0 aliphatic rings. The zero-order valence-electron chi connectivity index (χ0n) is 12.7. The van der Waals surface area contributed by atoms with Gasteiger partial charge in [0.1, 0.15) is 5.82 Å². The monoisotopic (exact) mass is 329 g/mol. The number of esters is 1. The third kappa shape index (κ3) is 4.57. The zero-order chi connectivity index (χ0) is 16.7. The molecule has 0 unspecified atom stereocenters. The van der Waals surface area contributed by atoms with Crippen molar-refractivity contribution in [3.8, 4) is 17.2 Å². The summed E-state index contributed by atoms with van der Waals surface area (Å²) in [5.74, 6) is -0.0665. The average molecular weight is 329 g/mol. The van der Waals surface area contributed by atoms with Crippen LogP contribution in [0.3, 0.4) is 0 Å². The number of hydrogen-bond donors (Lipinski definition) is 0. The van der Waals surface area contributed by atoms with Crippen LogP contribution in [0, 0.1) is 17.1 Å². The van der Waals surface area contributed by atoms with Crippen LogP contribution in [0.1, 0.15) is 18.9 Å². The lowest BCUT2D eigenvalue weighted by Crippen LogP contribution is -2.04. The number of halogens is 1. The van der Waals surface area contributed by atoms with Gasteiger partial charge in [0, 0.05) is 16.2 Å². The maximum Gasteiger partial charge on any atom is 0.306 e. The van der Waals surface area contributed by atoms with Crippen LogP contribution in [-0.2, 0) is 9.53 Å². The van der Waals surface area contributed by atoms with Gasteiger partial charge in [0.2, 0.25) is 0 Å². The van der Waals surface area contributed by atoms with Crippen molar-refractivity contribution in [2.24, 2.45) is 0 Å².